The van der Waals surface area contributed by atoms with Crippen molar-refractivity contribution < 1.29 is 13.2 Å². The van der Waals surface area contributed by atoms with Gasteiger partial charge in [-0.1, -0.05) is 0 Å². The van der Waals surface area contributed by atoms with Crippen LogP contribution in [0, 0.1) is 0 Å². The molecule has 0 bridgehead atoms. The molecule has 1 aromatic rings. The van der Waals surface area contributed by atoms with Crippen LogP contribution < -0.4 is 0 Å². The van der Waals surface area contributed by atoms with Gasteiger partial charge in [0.2, 0.25) is 10.0 Å². The lowest BCUT2D eigenvalue weighted by Gasteiger charge is -2.13. The summed E-state index contributed by atoms with van der Waals surface area (Å²) >= 11 is 3.19. The Hall–Kier alpha value is -0.500. The van der Waals surface area contributed by atoms with E-state index in [4.69, 9.17) is 4.74 Å². The van der Waals surface area contributed by atoms with Crippen LogP contribution in [0.5, 0.6) is 0 Å². The molecular weight excluding hydrogens is 284 g/mol. The van der Waals surface area contributed by atoms with Gasteiger partial charge in [-0.25, -0.2) is 8.42 Å². The average Bonchev–Trinajstić information content (AvgIpc) is 2.71. The minimum absolute atomic E-state index is 0.120. The summed E-state index contributed by atoms with van der Waals surface area (Å²) in [4.78, 5) is 4.01. The van der Waals surface area contributed by atoms with Crippen molar-refractivity contribution in [3.8, 4) is 0 Å². The number of rotatable bonds is 2. The lowest BCUT2D eigenvalue weighted by atomic mass is 10.5. The minimum Gasteiger partial charge on any atom is -0.364 e. The van der Waals surface area contributed by atoms with Crippen LogP contribution in [0.2, 0.25) is 0 Å². The van der Waals surface area contributed by atoms with E-state index in [1.807, 2.05) is 0 Å². The highest BCUT2D eigenvalue weighted by Crippen LogP contribution is 2.19. The summed E-state index contributed by atoms with van der Waals surface area (Å²) in [5.41, 5.74) is 0. The summed E-state index contributed by atoms with van der Waals surface area (Å²) in [6, 6.07) is 1.53. The summed E-state index contributed by atoms with van der Waals surface area (Å²) in [6.07, 6.45) is 2.87. The van der Waals surface area contributed by atoms with Gasteiger partial charge in [-0.05, 0) is 22.0 Å². The van der Waals surface area contributed by atoms with Crippen molar-refractivity contribution in [2.75, 3.05) is 19.9 Å². The van der Waals surface area contributed by atoms with Crippen molar-refractivity contribution in [3.05, 3.63) is 22.9 Å². The highest BCUT2D eigenvalue weighted by Gasteiger charge is 2.28. The van der Waals surface area contributed by atoms with Gasteiger partial charge in [0, 0.05) is 23.4 Å². The second-order valence-corrected chi connectivity index (χ2v) is 5.91. The van der Waals surface area contributed by atoms with Crippen molar-refractivity contribution in [2.24, 2.45) is 0 Å². The molecule has 0 unspecified atom stereocenters. The molecule has 82 valence electrons. The van der Waals surface area contributed by atoms with Crippen LogP contribution in [-0.2, 0) is 14.8 Å². The Bertz CT molecular complexity index is 457. The standard InChI is InChI=1S/C8H9BrN2O3S/c9-7-3-8(5-10-4-7)15(12,13)11-1-2-14-6-11/h3-5H,1-2,6H2. The molecule has 0 aliphatic carbocycles. The van der Waals surface area contributed by atoms with Crippen LogP contribution in [0.4, 0.5) is 0 Å². The van der Waals surface area contributed by atoms with Gasteiger partial charge in [0.25, 0.3) is 0 Å². The number of aromatic nitrogens is 1. The third-order valence-corrected chi connectivity index (χ3v) is 4.26. The van der Waals surface area contributed by atoms with Crippen molar-refractivity contribution >= 4 is 26.0 Å². The second-order valence-electron chi connectivity index (χ2n) is 3.06. The summed E-state index contributed by atoms with van der Waals surface area (Å²) in [5, 5.41) is 0. The lowest BCUT2D eigenvalue weighted by molar-refractivity contribution is 0.172. The molecule has 7 heteroatoms. The van der Waals surface area contributed by atoms with E-state index in [1.54, 1.807) is 6.20 Å². The Kier molecular flexibility index (Phi) is 3.06. The SMILES string of the molecule is O=S(=O)(c1cncc(Br)c1)N1CCOC1. The molecule has 0 atom stereocenters. The molecule has 0 amide bonds. The Balaban J connectivity index is 2.36. The molecule has 2 rings (SSSR count). The van der Waals surface area contributed by atoms with Crippen LogP contribution in [0.15, 0.2) is 27.8 Å². The topological polar surface area (TPSA) is 59.5 Å². The van der Waals surface area contributed by atoms with E-state index in [1.165, 1.54) is 16.6 Å². The number of sulfonamides is 1. The monoisotopic (exact) mass is 292 g/mol. The highest BCUT2D eigenvalue weighted by molar-refractivity contribution is 9.10. The van der Waals surface area contributed by atoms with E-state index in [0.29, 0.717) is 17.6 Å². The Morgan fingerprint density at radius 1 is 1.47 bits per heavy atom. The molecule has 1 aromatic heterocycles. The quantitative estimate of drug-likeness (QED) is 0.810. The van der Waals surface area contributed by atoms with Crippen molar-refractivity contribution in [1.82, 2.24) is 9.29 Å². The number of nitrogens with zero attached hydrogens (tertiary/aromatic N) is 2. The van der Waals surface area contributed by atoms with Crippen molar-refractivity contribution in [2.45, 2.75) is 4.90 Å². The molecule has 1 aliphatic rings. The third-order valence-electron chi connectivity index (χ3n) is 2.04. The molecule has 0 N–H and O–H groups in total. The van der Waals surface area contributed by atoms with E-state index in [9.17, 15) is 8.42 Å². The molecular formula is C8H9BrN2O3S. The smallest absolute Gasteiger partial charge is 0.246 e. The predicted octanol–water partition coefficient (Wildman–Crippen LogP) is 0.823. The van der Waals surface area contributed by atoms with Gasteiger partial charge in [-0.3, -0.25) is 4.98 Å². The zero-order valence-corrected chi connectivity index (χ0v) is 10.2. The molecule has 1 saturated heterocycles. The van der Waals surface area contributed by atoms with Gasteiger partial charge in [0.1, 0.15) is 11.6 Å². The number of hydrogen-bond acceptors (Lipinski definition) is 4. The molecule has 0 aromatic carbocycles. The Morgan fingerprint density at radius 3 is 2.87 bits per heavy atom. The Labute approximate surface area is 96.2 Å². The van der Waals surface area contributed by atoms with Crippen LogP contribution in [0.1, 0.15) is 0 Å². The number of hydrogen-bond donors (Lipinski definition) is 0. The van der Waals surface area contributed by atoms with Crippen LogP contribution in [0.3, 0.4) is 0 Å². The van der Waals surface area contributed by atoms with Gasteiger partial charge < -0.3 is 4.74 Å². The molecule has 0 radical (unpaired) electrons. The average molecular weight is 293 g/mol. The first-order valence-corrected chi connectivity index (χ1v) is 6.52. The van der Waals surface area contributed by atoms with E-state index in [2.05, 4.69) is 20.9 Å². The van der Waals surface area contributed by atoms with E-state index in [-0.39, 0.29) is 11.6 Å². The zero-order chi connectivity index (χ0) is 10.9. The maximum absolute atomic E-state index is 12.0. The molecule has 5 nitrogen and oxygen atoms in total. The molecule has 15 heavy (non-hydrogen) atoms. The summed E-state index contributed by atoms with van der Waals surface area (Å²) in [6.45, 7) is 0.963. The Morgan fingerprint density at radius 2 is 2.27 bits per heavy atom. The molecule has 2 heterocycles. The predicted molar refractivity (Wildman–Crippen MR) is 56.6 cm³/mol. The van der Waals surface area contributed by atoms with Crippen LogP contribution in [0.25, 0.3) is 0 Å². The van der Waals surface area contributed by atoms with E-state index in [0.717, 1.165) is 0 Å². The zero-order valence-electron chi connectivity index (χ0n) is 7.76. The van der Waals surface area contributed by atoms with E-state index >= 15 is 0 Å². The normalized spacial score (nSPS) is 18.2. The van der Waals surface area contributed by atoms with Crippen LogP contribution >= 0.6 is 15.9 Å². The third kappa shape index (κ3) is 2.20. The number of halogens is 1. The van der Waals surface area contributed by atoms with Gasteiger partial charge in [0.05, 0.1) is 6.61 Å². The molecule has 1 fully saturated rings. The first-order chi connectivity index (χ1) is 7.10. The van der Waals surface area contributed by atoms with Crippen molar-refractivity contribution in [3.63, 3.8) is 0 Å². The van der Waals surface area contributed by atoms with Crippen LogP contribution in [-0.4, -0.2) is 37.6 Å². The van der Waals surface area contributed by atoms with Gasteiger partial charge >= 0.3 is 0 Å². The van der Waals surface area contributed by atoms with Gasteiger partial charge in [-0.2, -0.15) is 4.31 Å². The first kappa shape index (κ1) is 11.0. The molecule has 0 saturated carbocycles. The lowest BCUT2D eigenvalue weighted by Crippen LogP contribution is -2.28. The van der Waals surface area contributed by atoms with Gasteiger partial charge in [0.15, 0.2) is 0 Å². The van der Waals surface area contributed by atoms with Gasteiger partial charge in [-0.15, -0.1) is 0 Å². The number of ether oxygens (including phenoxy) is 1. The van der Waals surface area contributed by atoms with E-state index < -0.39 is 10.0 Å². The highest BCUT2D eigenvalue weighted by atomic mass is 79.9. The largest absolute Gasteiger partial charge is 0.364 e. The maximum Gasteiger partial charge on any atom is 0.246 e. The summed E-state index contributed by atoms with van der Waals surface area (Å²) in [7, 11) is -3.45. The maximum atomic E-state index is 12.0. The molecule has 0 spiro atoms. The summed E-state index contributed by atoms with van der Waals surface area (Å²) in [5.74, 6) is 0. The summed E-state index contributed by atoms with van der Waals surface area (Å²) < 4.78 is 30.9. The molecule has 1 aliphatic heterocycles. The fourth-order valence-corrected chi connectivity index (χ4v) is 3.08. The minimum atomic E-state index is -3.45. The first-order valence-electron chi connectivity index (χ1n) is 4.29. The fourth-order valence-electron chi connectivity index (χ4n) is 1.27. The van der Waals surface area contributed by atoms with Crippen molar-refractivity contribution in [1.29, 1.82) is 0 Å². The number of pyridine rings is 1. The fraction of sp³-hybridized carbons (Fsp3) is 0.375. The second kappa shape index (κ2) is 4.17.